The first-order valence-corrected chi connectivity index (χ1v) is 8.38. The summed E-state index contributed by atoms with van der Waals surface area (Å²) in [5.74, 6) is 0. The molecule has 0 fully saturated rings. The van der Waals surface area contributed by atoms with Gasteiger partial charge < -0.3 is 0 Å². The Morgan fingerprint density at radius 1 is 0.750 bits per heavy atom. The predicted octanol–water partition coefficient (Wildman–Crippen LogP) is 4.78. The van der Waals surface area contributed by atoms with Gasteiger partial charge in [0.15, 0.2) is 5.34 Å². The topological polar surface area (TPSA) is 62.7 Å². The lowest BCUT2D eigenvalue weighted by Gasteiger charge is -2.04. The van der Waals surface area contributed by atoms with Crippen LogP contribution in [-0.4, -0.2) is 6.54 Å². The van der Waals surface area contributed by atoms with E-state index in [0.717, 1.165) is 13.0 Å². The van der Waals surface area contributed by atoms with E-state index in [1.807, 2.05) is 0 Å². The lowest BCUT2D eigenvalue weighted by atomic mass is 10.0. The van der Waals surface area contributed by atoms with Crippen LogP contribution in [0.2, 0.25) is 0 Å². The van der Waals surface area contributed by atoms with Gasteiger partial charge in [0.1, 0.15) is 0 Å². The van der Waals surface area contributed by atoms with Crippen molar-refractivity contribution in [1.82, 2.24) is 11.0 Å². The van der Waals surface area contributed by atoms with Crippen LogP contribution in [0.4, 0.5) is 0 Å². The van der Waals surface area contributed by atoms with Crippen molar-refractivity contribution in [2.45, 2.75) is 90.4 Å². The van der Waals surface area contributed by atoms with E-state index in [1.54, 1.807) is 0 Å². The third-order valence-electron chi connectivity index (χ3n) is 3.56. The van der Waals surface area contributed by atoms with Crippen LogP contribution < -0.4 is 11.0 Å². The van der Waals surface area contributed by atoms with Gasteiger partial charge in [0.05, 0.1) is 0 Å². The minimum atomic E-state index is 0.799. The molecule has 0 aromatic rings. The quantitative estimate of drug-likeness (QED) is 0.229. The lowest BCUT2D eigenvalue weighted by Crippen LogP contribution is -2.30. The highest BCUT2D eigenvalue weighted by Crippen LogP contribution is 2.12. The zero-order chi connectivity index (χ0) is 14.7. The van der Waals surface area contributed by atoms with Crippen molar-refractivity contribution in [1.29, 1.82) is 0 Å². The summed E-state index contributed by atoms with van der Waals surface area (Å²) in [6.07, 6.45) is 17.6. The van der Waals surface area contributed by atoms with Gasteiger partial charge in [-0.2, -0.15) is 0 Å². The van der Waals surface area contributed by atoms with Crippen LogP contribution >= 0.6 is 0 Å². The fourth-order valence-corrected chi connectivity index (χ4v) is 2.33. The van der Waals surface area contributed by atoms with Crippen molar-refractivity contribution in [3.8, 4) is 0 Å². The fourth-order valence-electron chi connectivity index (χ4n) is 2.33. The van der Waals surface area contributed by atoms with E-state index in [1.165, 1.54) is 77.0 Å². The average molecular weight is 287 g/mol. The van der Waals surface area contributed by atoms with Gasteiger partial charge in [0, 0.05) is 6.54 Å². The SMILES string of the molecule is CCCCCCCCCCCCCCCNNON=O. The highest BCUT2D eigenvalue weighted by molar-refractivity contribution is 4.49. The van der Waals surface area contributed by atoms with Crippen molar-refractivity contribution < 1.29 is 4.94 Å². The van der Waals surface area contributed by atoms with E-state index in [9.17, 15) is 4.91 Å². The smallest absolute Gasteiger partial charge is 0.177 e. The van der Waals surface area contributed by atoms with Gasteiger partial charge in [-0.25, -0.2) is 10.4 Å². The molecular weight excluding hydrogens is 254 g/mol. The van der Waals surface area contributed by atoms with E-state index in [-0.39, 0.29) is 0 Å². The van der Waals surface area contributed by atoms with Crippen LogP contribution in [0.15, 0.2) is 5.34 Å². The summed E-state index contributed by atoms with van der Waals surface area (Å²) in [5.41, 5.74) is 5.01. The molecule has 0 aromatic heterocycles. The maximum absolute atomic E-state index is 9.58. The van der Waals surface area contributed by atoms with Gasteiger partial charge in [-0.15, -0.1) is 4.91 Å². The van der Waals surface area contributed by atoms with E-state index >= 15 is 0 Å². The second kappa shape index (κ2) is 18.3. The molecular formula is C15H33N3O2. The molecule has 0 aliphatic carbocycles. The molecule has 0 aromatic carbocycles. The van der Waals surface area contributed by atoms with Gasteiger partial charge in [-0.3, -0.25) is 0 Å². The van der Waals surface area contributed by atoms with E-state index < -0.39 is 0 Å². The van der Waals surface area contributed by atoms with Crippen LogP contribution in [0.25, 0.3) is 0 Å². The highest BCUT2D eigenvalue weighted by atomic mass is 16.9. The fraction of sp³-hybridized carbons (Fsp3) is 1.00. The van der Waals surface area contributed by atoms with Crippen LogP contribution in [0, 0.1) is 4.91 Å². The third-order valence-corrected chi connectivity index (χ3v) is 3.56. The Labute approximate surface area is 124 Å². The Morgan fingerprint density at radius 2 is 1.20 bits per heavy atom. The Kier molecular flexibility index (Phi) is 17.7. The van der Waals surface area contributed by atoms with Crippen molar-refractivity contribution in [2.24, 2.45) is 5.34 Å². The van der Waals surface area contributed by atoms with Crippen LogP contribution in [0.5, 0.6) is 0 Å². The highest BCUT2D eigenvalue weighted by Gasteiger charge is 1.93. The molecule has 0 heterocycles. The first kappa shape index (κ1) is 19.3. The molecule has 0 aliphatic heterocycles. The molecule has 0 radical (unpaired) electrons. The molecule has 0 aliphatic rings. The van der Waals surface area contributed by atoms with Crippen LogP contribution in [0.1, 0.15) is 90.4 Å². The number of hydrogen-bond donors (Lipinski definition) is 2. The zero-order valence-corrected chi connectivity index (χ0v) is 13.2. The third kappa shape index (κ3) is 17.3. The van der Waals surface area contributed by atoms with Crippen LogP contribution in [0.3, 0.4) is 0 Å². The summed E-state index contributed by atoms with van der Waals surface area (Å²) < 4.78 is 0. The van der Waals surface area contributed by atoms with E-state index in [4.69, 9.17) is 0 Å². The lowest BCUT2D eigenvalue weighted by molar-refractivity contribution is 0.0115. The van der Waals surface area contributed by atoms with Crippen LogP contribution in [-0.2, 0) is 4.94 Å². The number of hydrazine groups is 1. The van der Waals surface area contributed by atoms with Gasteiger partial charge in [-0.05, 0) is 6.42 Å². The summed E-state index contributed by atoms with van der Waals surface area (Å²) in [5, 5.41) is 2.22. The van der Waals surface area contributed by atoms with Gasteiger partial charge >= 0.3 is 0 Å². The van der Waals surface area contributed by atoms with Crippen molar-refractivity contribution in [3.63, 3.8) is 0 Å². The molecule has 0 saturated heterocycles. The molecule has 2 N–H and O–H groups in total. The number of hydrogen-bond acceptors (Lipinski definition) is 5. The number of nitrogens with one attached hydrogen (secondary N) is 2. The van der Waals surface area contributed by atoms with Gasteiger partial charge in [-0.1, -0.05) is 89.6 Å². The van der Waals surface area contributed by atoms with Gasteiger partial charge in [0.2, 0.25) is 0 Å². The molecule has 0 spiro atoms. The van der Waals surface area contributed by atoms with Crippen molar-refractivity contribution >= 4 is 0 Å². The number of rotatable bonds is 17. The van der Waals surface area contributed by atoms with Crippen molar-refractivity contribution in [3.05, 3.63) is 4.91 Å². The summed E-state index contributed by atoms with van der Waals surface area (Å²) in [7, 11) is 0. The summed E-state index contributed by atoms with van der Waals surface area (Å²) in [6.45, 7) is 3.07. The molecule has 0 bridgehead atoms. The first-order chi connectivity index (χ1) is 9.91. The molecule has 0 saturated carbocycles. The van der Waals surface area contributed by atoms with Gasteiger partial charge in [0.25, 0.3) is 0 Å². The minimum Gasteiger partial charge on any atom is -0.247 e. The zero-order valence-electron chi connectivity index (χ0n) is 13.2. The Bertz CT molecular complexity index is 192. The second-order valence-electron chi connectivity index (χ2n) is 5.44. The first-order valence-electron chi connectivity index (χ1n) is 8.38. The van der Waals surface area contributed by atoms with Crippen molar-refractivity contribution in [2.75, 3.05) is 6.54 Å². The average Bonchev–Trinajstić information content (AvgIpc) is 2.47. The Balaban J connectivity index is 2.90. The Hall–Kier alpha value is -0.680. The molecule has 5 nitrogen and oxygen atoms in total. The Morgan fingerprint density at radius 3 is 1.65 bits per heavy atom. The van der Waals surface area contributed by atoms with E-state index in [2.05, 4.69) is 28.2 Å². The normalized spacial score (nSPS) is 10.7. The standard InChI is InChI=1S/C15H33N3O2/c1-2-3-4-5-6-7-8-9-10-11-12-13-14-15-16-17-20-18-19/h16-17H,2-15H2,1H3. The predicted molar refractivity (Wildman–Crippen MR) is 83.7 cm³/mol. The maximum Gasteiger partial charge on any atom is 0.177 e. The molecule has 0 atom stereocenters. The molecule has 0 rings (SSSR count). The van der Waals surface area contributed by atoms with E-state index in [0.29, 0.717) is 0 Å². The molecule has 20 heavy (non-hydrogen) atoms. The monoisotopic (exact) mass is 287 g/mol. The molecule has 0 amide bonds. The second-order valence-corrected chi connectivity index (χ2v) is 5.44. The maximum atomic E-state index is 9.58. The molecule has 120 valence electrons. The summed E-state index contributed by atoms with van der Waals surface area (Å²) >= 11 is 0. The minimum absolute atomic E-state index is 0.799. The summed E-state index contributed by atoms with van der Waals surface area (Å²) in [4.78, 5) is 13.6. The molecule has 5 heteroatoms. The molecule has 0 unspecified atom stereocenters. The number of unbranched alkanes of at least 4 members (excludes halogenated alkanes) is 12. The summed E-state index contributed by atoms with van der Waals surface area (Å²) in [6, 6.07) is 0. The largest absolute Gasteiger partial charge is 0.247 e. The number of nitrogens with zero attached hydrogens (tertiary/aromatic N) is 1.